The summed E-state index contributed by atoms with van der Waals surface area (Å²) in [5, 5.41) is 18.0. The molecular weight excluding hydrogens is 632 g/mol. The van der Waals surface area contributed by atoms with Crippen molar-refractivity contribution in [2.24, 2.45) is 5.92 Å². The first-order chi connectivity index (χ1) is 24.1. The predicted molar refractivity (Wildman–Crippen MR) is 197 cm³/mol. The van der Waals surface area contributed by atoms with Crippen molar-refractivity contribution in [1.29, 1.82) is 0 Å². The number of hydrogen-bond acceptors (Lipinski definition) is 6. The lowest BCUT2D eigenvalue weighted by Crippen LogP contribution is -2.48. The molecule has 1 aliphatic rings. The highest BCUT2D eigenvalue weighted by atomic mass is 16.5. The van der Waals surface area contributed by atoms with Crippen molar-refractivity contribution in [3.8, 4) is 5.75 Å². The van der Waals surface area contributed by atoms with Gasteiger partial charge in [0.2, 0.25) is 0 Å². The average Bonchev–Trinajstić information content (AvgIpc) is 3.12. The number of ether oxygens (including phenoxy) is 2. The van der Waals surface area contributed by atoms with Gasteiger partial charge >= 0.3 is 6.03 Å². The quantitative estimate of drug-likeness (QED) is 0.192. The molecule has 0 saturated heterocycles. The number of carbonyl (C=O) groups is 3. The summed E-state index contributed by atoms with van der Waals surface area (Å²) in [4.78, 5) is 44.2. The summed E-state index contributed by atoms with van der Waals surface area (Å²) in [6, 6.07) is 26.7. The van der Waals surface area contributed by atoms with Gasteiger partial charge in [0, 0.05) is 49.3 Å². The van der Waals surface area contributed by atoms with E-state index in [4.69, 9.17) is 9.47 Å². The summed E-state index contributed by atoms with van der Waals surface area (Å²) >= 11 is 0. The molecule has 10 nitrogen and oxygen atoms in total. The van der Waals surface area contributed by atoms with Crippen molar-refractivity contribution in [2.45, 2.75) is 58.3 Å². The third-order valence-corrected chi connectivity index (χ3v) is 9.17. The molecule has 10 heteroatoms. The first-order valence-electron chi connectivity index (χ1n) is 17.3. The Morgan fingerprint density at radius 2 is 1.70 bits per heavy atom. The number of amides is 4. The van der Waals surface area contributed by atoms with Crippen LogP contribution in [0.1, 0.15) is 60.7 Å². The van der Waals surface area contributed by atoms with Crippen LogP contribution in [0.3, 0.4) is 0 Å². The fourth-order valence-corrected chi connectivity index (χ4v) is 6.24. The van der Waals surface area contributed by atoms with E-state index >= 15 is 0 Å². The second-order valence-electron chi connectivity index (χ2n) is 13.2. The van der Waals surface area contributed by atoms with E-state index in [0.29, 0.717) is 35.8 Å². The van der Waals surface area contributed by atoms with Crippen molar-refractivity contribution in [1.82, 2.24) is 9.80 Å². The Hall–Kier alpha value is -4.93. The second-order valence-corrected chi connectivity index (χ2v) is 13.2. The van der Waals surface area contributed by atoms with Gasteiger partial charge in [-0.1, -0.05) is 61.5 Å². The molecule has 4 aromatic rings. The van der Waals surface area contributed by atoms with Gasteiger partial charge in [0.1, 0.15) is 5.75 Å². The molecule has 5 rings (SSSR count). The summed E-state index contributed by atoms with van der Waals surface area (Å²) in [7, 11) is 1.76. The molecule has 1 aliphatic heterocycles. The normalized spacial score (nSPS) is 19.4. The van der Waals surface area contributed by atoms with Crippen LogP contribution in [0, 0.1) is 5.92 Å². The summed E-state index contributed by atoms with van der Waals surface area (Å²) in [5.41, 5.74) is 1.95. The number of nitrogens with zero attached hydrogens (tertiary/aromatic N) is 2. The highest BCUT2D eigenvalue weighted by Gasteiger charge is 2.31. The number of aliphatic hydroxyl groups is 1. The van der Waals surface area contributed by atoms with E-state index in [-0.39, 0.29) is 48.7 Å². The van der Waals surface area contributed by atoms with Crippen LogP contribution in [0.15, 0.2) is 91.0 Å². The molecule has 50 heavy (non-hydrogen) atoms. The molecule has 0 radical (unpaired) electrons. The van der Waals surface area contributed by atoms with Gasteiger partial charge < -0.3 is 35.0 Å². The van der Waals surface area contributed by atoms with Gasteiger partial charge in [-0.25, -0.2) is 4.79 Å². The molecule has 264 valence electrons. The first kappa shape index (κ1) is 36.4. The number of anilines is 2. The SMILES string of the molecule is C[C@H](CO)N1C[C@H](C)[C@H](CN(C)C(=O)c2ccccc2)OCCCC[C@H](C)Oc2ccc(NC(=O)Nc3cccc4ccccc34)cc2C1=O. The Morgan fingerprint density at radius 1 is 0.960 bits per heavy atom. The minimum Gasteiger partial charge on any atom is -0.490 e. The highest BCUT2D eigenvalue weighted by Crippen LogP contribution is 2.29. The van der Waals surface area contributed by atoms with Gasteiger partial charge in [-0.05, 0) is 74.9 Å². The number of likely N-dealkylation sites (N-methyl/N-ethyl adjacent to an activating group) is 1. The lowest BCUT2D eigenvalue weighted by Gasteiger charge is -2.36. The maximum atomic E-state index is 14.5. The van der Waals surface area contributed by atoms with Crippen LogP contribution in [0.5, 0.6) is 5.75 Å². The van der Waals surface area contributed by atoms with Crippen LogP contribution in [0.4, 0.5) is 16.2 Å². The van der Waals surface area contributed by atoms with Crippen molar-refractivity contribution in [3.63, 3.8) is 0 Å². The van der Waals surface area contributed by atoms with E-state index in [1.54, 1.807) is 54.1 Å². The zero-order valence-corrected chi connectivity index (χ0v) is 29.3. The predicted octanol–water partition coefficient (Wildman–Crippen LogP) is 7.05. The lowest BCUT2D eigenvalue weighted by molar-refractivity contribution is -0.0149. The highest BCUT2D eigenvalue weighted by molar-refractivity contribution is 6.07. The number of fused-ring (bicyclic) bond motifs is 2. The van der Waals surface area contributed by atoms with E-state index in [1.807, 2.05) is 74.5 Å². The minimum absolute atomic E-state index is 0.109. The van der Waals surface area contributed by atoms with Gasteiger partial charge in [0.25, 0.3) is 11.8 Å². The Labute approximate surface area is 294 Å². The van der Waals surface area contributed by atoms with E-state index in [9.17, 15) is 19.5 Å². The Morgan fingerprint density at radius 3 is 2.48 bits per heavy atom. The van der Waals surface area contributed by atoms with Gasteiger partial charge in [0.15, 0.2) is 0 Å². The minimum atomic E-state index is -0.529. The molecule has 0 fully saturated rings. The smallest absolute Gasteiger partial charge is 0.323 e. The van der Waals surface area contributed by atoms with Crippen molar-refractivity contribution in [2.75, 3.05) is 44.0 Å². The largest absolute Gasteiger partial charge is 0.490 e. The molecule has 0 saturated carbocycles. The summed E-state index contributed by atoms with van der Waals surface area (Å²) in [6.07, 6.45) is 1.85. The topological polar surface area (TPSA) is 120 Å². The fourth-order valence-electron chi connectivity index (χ4n) is 6.24. The van der Waals surface area contributed by atoms with Gasteiger partial charge in [-0.15, -0.1) is 0 Å². The van der Waals surface area contributed by atoms with E-state index in [2.05, 4.69) is 10.6 Å². The molecular formula is C40H48N4O6. The molecule has 4 atom stereocenters. The Bertz CT molecular complexity index is 1760. The standard InChI is InChI=1S/C40H48N4O6/c1-27-24-44(28(2)26-45)39(47)34-23-32(41-40(48)42-35-19-12-17-30-14-8-9-18-33(30)35)20-21-36(34)50-29(3)13-10-11-22-49-37(27)25-43(4)38(46)31-15-6-5-7-16-31/h5-9,12,14-21,23,27-29,37,45H,10-11,13,22,24-26H2,1-4H3,(H2,41,42,48)/t27-,28+,29-,37-/m0/s1. The van der Waals surface area contributed by atoms with E-state index in [0.717, 1.165) is 30.0 Å². The Balaban J connectivity index is 1.40. The summed E-state index contributed by atoms with van der Waals surface area (Å²) < 4.78 is 12.7. The lowest BCUT2D eigenvalue weighted by atomic mass is 10.0. The van der Waals surface area contributed by atoms with Crippen molar-refractivity contribution >= 4 is 40.0 Å². The zero-order valence-electron chi connectivity index (χ0n) is 29.3. The monoisotopic (exact) mass is 680 g/mol. The first-order valence-corrected chi connectivity index (χ1v) is 17.3. The number of urea groups is 1. The number of rotatable bonds is 7. The number of carbonyl (C=O) groups excluding carboxylic acids is 3. The van der Waals surface area contributed by atoms with Crippen LogP contribution in [0.25, 0.3) is 10.8 Å². The van der Waals surface area contributed by atoms with Crippen molar-refractivity contribution < 1.29 is 29.0 Å². The molecule has 0 unspecified atom stereocenters. The van der Waals surface area contributed by atoms with Crippen LogP contribution >= 0.6 is 0 Å². The molecule has 4 amide bonds. The second kappa shape index (κ2) is 17.1. The van der Waals surface area contributed by atoms with Crippen molar-refractivity contribution in [3.05, 3.63) is 102 Å². The molecule has 4 aromatic carbocycles. The molecule has 1 heterocycles. The maximum absolute atomic E-state index is 14.5. The molecule has 0 aromatic heterocycles. The third-order valence-electron chi connectivity index (χ3n) is 9.17. The van der Waals surface area contributed by atoms with E-state index < -0.39 is 12.1 Å². The summed E-state index contributed by atoms with van der Waals surface area (Å²) in [5.74, 6) is -0.244. The maximum Gasteiger partial charge on any atom is 0.323 e. The number of benzene rings is 4. The van der Waals surface area contributed by atoms with Gasteiger partial charge in [0.05, 0.1) is 36.1 Å². The molecule has 3 N–H and O–H groups in total. The molecule has 0 bridgehead atoms. The van der Waals surface area contributed by atoms with Gasteiger partial charge in [-0.2, -0.15) is 0 Å². The fraction of sp³-hybridized carbons (Fsp3) is 0.375. The summed E-state index contributed by atoms with van der Waals surface area (Å²) in [6.45, 7) is 6.59. The van der Waals surface area contributed by atoms with Crippen LogP contribution in [0.2, 0.25) is 0 Å². The van der Waals surface area contributed by atoms with Crippen LogP contribution in [-0.2, 0) is 4.74 Å². The molecule has 0 aliphatic carbocycles. The number of aliphatic hydroxyl groups excluding tert-OH is 1. The van der Waals surface area contributed by atoms with Gasteiger partial charge in [-0.3, -0.25) is 9.59 Å². The Kier molecular flexibility index (Phi) is 12.5. The van der Waals surface area contributed by atoms with Crippen LogP contribution < -0.4 is 15.4 Å². The third kappa shape index (κ3) is 9.19. The number of nitrogens with one attached hydrogen (secondary N) is 2. The van der Waals surface area contributed by atoms with E-state index in [1.165, 1.54) is 0 Å². The molecule has 0 spiro atoms. The number of hydrogen-bond donors (Lipinski definition) is 3. The zero-order chi connectivity index (χ0) is 35.6. The average molecular weight is 681 g/mol. The van der Waals surface area contributed by atoms with Crippen LogP contribution in [-0.4, -0.2) is 84.4 Å².